The van der Waals surface area contributed by atoms with E-state index in [0.29, 0.717) is 6.04 Å². The van der Waals surface area contributed by atoms with E-state index in [1.54, 1.807) is 0 Å². The quantitative estimate of drug-likeness (QED) is 0.732. The summed E-state index contributed by atoms with van der Waals surface area (Å²) in [6.07, 6.45) is 5.52. The molecule has 2 rings (SSSR count). The highest BCUT2D eigenvalue weighted by Crippen LogP contribution is 2.38. The van der Waals surface area contributed by atoms with E-state index in [2.05, 4.69) is 17.3 Å². The molecule has 4 nitrogen and oxygen atoms in total. The van der Waals surface area contributed by atoms with Gasteiger partial charge >= 0.3 is 5.97 Å². The third-order valence-corrected chi connectivity index (χ3v) is 4.28. The Morgan fingerprint density at radius 2 is 2.12 bits per heavy atom. The van der Waals surface area contributed by atoms with Gasteiger partial charge in [0, 0.05) is 12.1 Å². The van der Waals surface area contributed by atoms with Crippen LogP contribution in [0.2, 0.25) is 0 Å². The Morgan fingerprint density at radius 1 is 1.41 bits per heavy atom. The van der Waals surface area contributed by atoms with E-state index in [0.717, 1.165) is 31.8 Å². The van der Waals surface area contributed by atoms with E-state index in [1.165, 1.54) is 20.0 Å². The van der Waals surface area contributed by atoms with Crippen molar-refractivity contribution >= 4 is 5.97 Å². The predicted octanol–water partition coefficient (Wildman–Crippen LogP) is 1.15. The highest BCUT2D eigenvalue weighted by Gasteiger charge is 2.48. The first-order valence-electron chi connectivity index (χ1n) is 6.68. The number of rotatable bonds is 5. The fourth-order valence-electron chi connectivity index (χ4n) is 3.10. The van der Waals surface area contributed by atoms with E-state index in [9.17, 15) is 4.79 Å². The minimum absolute atomic E-state index is 0.0916. The van der Waals surface area contributed by atoms with Gasteiger partial charge < -0.3 is 15.0 Å². The van der Waals surface area contributed by atoms with Gasteiger partial charge in [0.25, 0.3) is 0 Å². The second kappa shape index (κ2) is 4.94. The summed E-state index contributed by atoms with van der Waals surface area (Å²) in [6.45, 7) is 2.86. The first kappa shape index (κ1) is 12.8. The normalized spacial score (nSPS) is 33.1. The molecule has 17 heavy (non-hydrogen) atoms. The van der Waals surface area contributed by atoms with Crippen molar-refractivity contribution in [1.82, 2.24) is 10.2 Å². The van der Waals surface area contributed by atoms with Crippen LogP contribution in [0, 0.1) is 0 Å². The molecule has 2 unspecified atom stereocenters. The molecular formula is C13H24N2O2. The number of methoxy groups -OCH3 is 1. The minimum Gasteiger partial charge on any atom is -0.468 e. The lowest BCUT2D eigenvalue weighted by Gasteiger charge is -2.29. The van der Waals surface area contributed by atoms with Crippen LogP contribution < -0.4 is 5.32 Å². The molecule has 0 amide bonds. The number of ether oxygens (including phenoxy) is 1. The summed E-state index contributed by atoms with van der Waals surface area (Å²) in [5, 5.41) is 3.35. The van der Waals surface area contributed by atoms with Gasteiger partial charge in [-0.3, -0.25) is 4.79 Å². The molecule has 0 aromatic rings. The SMILES string of the molecule is CCNC1(C(=O)OC)CCC(N(C)C2CC2)C1. The second-order valence-electron chi connectivity index (χ2n) is 5.40. The zero-order valence-electron chi connectivity index (χ0n) is 11.2. The third kappa shape index (κ3) is 2.47. The summed E-state index contributed by atoms with van der Waals surface area (Å²) < 4.78 is 4.97. The number of carbonyl (C=O) groups excluding carboxylic acids is 1. The largest absolute Gasteiger partial charge is 0.468 e. The highest BCUT2D eigenvalue weighted by atomic mass is 16.5. The Balaban J connectivity index is 2.02. The Hall–Kier alpha value is -0.610. The Labute approximate surface area is 104 Å². The Bertz CT molecular complexity index is 291. The summed E-state index contributed by atoms with van der Waals surface area (Å²) in [6, 6.07) is 1.29. The molecule has 98 valence electrons. The molecule has 0 bridgehead atoms. The average molecular weight is 240 g/mol. The fourth-order valence-corrected chi connectivity index (χ4v) is 3.10. The average Bonchev–Trinajstić information content (AvgIpc) is 3.09. The van der Waals surface area contributed by atoms with E-state index in [1.807, 2.05) is 6.92 Å². The lowest BCUT2D eigenvalue weighted by atomic mass is 9.97. The maximum Gasteiger partial charge on any atom is 0.326 e. The number of hydrogen-bond donors (Lipinski definition) is 1. The smallest absolute Gasteiger partial charge is 0.326 e. The first-order valence-corrected chi connectivity index (χ1v) is 6.68. The molecule has 2 saturated carbocycles. The third-order valence-electron chi connectivity index (χ3n) is 4.28. The van der Waals surface area contributed by atoms with Crippen LogP contribution in [0.1, 0.15) is 39.0 Å². The molecule has 0 radical (unpaired) electrons. The molecule has 0 aliphatic heterocycles. The van der Waals surface area contributed by atoms with Crippen molar-refractivity contribution in [2.24, 2.45) is 0 Å². The zero-order chi connectivity index (χ0) is 12.5. The summed E-state index contributed by atoms with van der Waals surface area (Å²) in [4.78, 5) is 14.4. The summed E-state index contributed by atoms with van der Waals surface area (Å²) in [5.41, 5.74) is -0.433. The molecule has 2 aliphatic rings. The molecule has 2 aliphatic carbocycles. The van der Waals surface area contributed by atoms with Crippen LogP contribution >= 0.6 is 0 Å². The van der Waals surface area contributed by atoms with Crippen molar-refractivity contribution in [3.05, 3.63) is 0 Å². The number of nitrogens with zero attached hydrogens (tertiary/aromatic N) is 1. The van der Waals surface area contributed by atoms with E-state index < -0.39 is 5.54 Å². The predicted molar refractivity (Wildman–Crippen MR) is 66.8 cm³/mol. The number of hydrogen-bond acceptors (Lipinski definition) is 4. The lowest BCUT2D eigenvalue weighted by Crippen LogP contribution is -2.51. The van der Waals surface area contributed by atoms with Crippen LogP contribution in [0.25, 0.3) is 0 Å². The van der Waals surface area contributed by atoms with Crippen LogP contribution in [0.15, 0.2) is 0 Å². The molecule has 0 heterocycles. The van der Waals surface area contributed by atoms with Crippen molar-refractivity contribution in [1.29, 1.82) is 0 Å². The van der Waals surface area contributed by atoms with Gasteiger partial charge in [0.2, 0.25) is 0 Å². The van der Waals surface area contributed by atoms with Crippen molar-refractivity contribution in [3.8, 4) is 0 Å². The standard InChI is InChI=1S/C13H24N2O2/c1-4-14-13(12(16)17-3)8-7-11(9-13)15(2)10-5-6-10/h10-11,14H,4-9H2,1-3H3. The first-order chi connectivity index (χ1) is 8.13. The van der Waals surface area contributed by atoms with Crippen molar-refractivity contribution in [2.45, 2.75) is 56.7 Å². The minimum atomic E-state index is -0.433. The topological polar surface area (TPSA) is 41.6 Å². The van der Waals surface area contributed by atoms with Crippen molar-refractivity contribution < 1.29 is 9.53 Å². The molecule has 0 saturated heterocycles. The van der Waals surface area contributed by atoms with Gasteiger partial charge in [-0.2, -0.15) is 0 Å². The second-order valence-corrected chi connectivity index (χ2v) is 5.40. The number of esters is 1. The van der Waals surface area contributed by atoms with Gasteiger partial charge in [-0.15, -0.1) is 0 Å². The van der Waals surface area contributed by atoms with Gasteiger partial charge in [0.1, 0.15) is 5.54 Å². The Kier molecular flexibility index (Phi) is 3.73. The molecule has 2 fully saturated rings. The maximum absolute atomic E-state index is 12.0. The van der Waals surface area contributed by atoms with Crippen LogP contribution in [0.5, 0.6) is 0 Å². The maximum atomic E-state index is 12.0. The summed E-state index contributed by atoms with van der Waals surface area (Å²) in [7, 11) is 3.68. The monoisotopic (exact) mass is 240 g/mol. The molecule has 0 aromatic heterocycles. The molecule has 4 heteroatoms. The van der Waals surface area contributed by atoms with Gasteiger partial charge in [-0.1, -0.05) is 6.92 Å². The number of nitrogens with one attached hydrogen (secondary N) is 1. The van der Waals surface area contributed by atoms with Gasteiger partial charge in [0.05, 0.1) is 7.11 Å². The highest BCUT2D eigenvalue weighted by molar-refractivity contribution is 5.81. The summed E-state index contributed by atoms with van der Waals surface area (Å²) in [5.74, 6) is -0.0916. The molecule has 2 atom stereocenters. The number of carbonyl (C=O) groups is 1. The van der Waals surface area contributed by atoms with Crippen LogP contribution in [0.4, 0.5) is 0 Å². The fraction of sp³-hybridized carbons (Fsp3) is 0.923. The van der Waals surface area contributed by atoms with Gasteiger partial charge in [-0.25, -0.2) is 0 Å². The van der Waals surface area contributed by atoms with Crippen LogP contribution in [-0.2, 0) is 9.53 Å². The number of likely N-dealkylation sites (N-methyl/N-ethyl adjacent to an activating group) is 1. The van der Waals surface area contributed by atoms with Crippen molar-refractivity contribution in [2.75, 3.05) is 20.7 Å². The summed E-state index contributed by atoms with van der Waals surface area (Å²) >= 11 is 0. The van der Waals surface area contributed by atoms with E-state index >= 15 is 0 Å². The molecular weight excluding hydrogens is 216 g/mol. The van der Waals surface area contributed by atoms with Crippen molar-refractivity contribution in [3.63, 3.8) is 0 Å². The molecule has 1 N–H and O–H groups in total. The molecule has 0 spiro atoms. The van der Waals surface area contributed by atoms with Crippen LogP contribution in [-0.4, -0.2) is 49.2 Å². The van der Waals surface area contributed by atoms with E-state index in [-0.39, 0.29) is 5.97 Å². The van der Waals surface area contributed by atoms with Gasteiger partial charge in [0.15, 0.2) is 0 Å². The van der Waals surface area contributed by atoms with Gasteiger partial charge in [-0.05, 0) is 45.7 Å². The zero-order valence-corrected chi connectivity index (χ0v) is 11.2. The lowest BCUT2D eigenvalue weighted by molar-refractivity contribution is -0.148. The Morgan fingerprint density at radius 3 is 2.65 bits per heavy atom. The van der Waals surface area contributed by atoms with E-state index in [4.69, 9.17) is 4.74 Å². The molecule has 0 aromatic carbocycles. The van der Waals surface area contributed by atoms with Crippen LogP contribution in [0.3, 0.4) is 0 Å².